The van der Waals surface area contributed by atoms with E-state index < -0.39 is 0 Å². The van der Waals surface area contributed by atoms with Gasteiger partial charge in [0.2, 0.25) is 0 Å². The molecule has 1 atom stereocenters. The lowest BCUT2D eigenvalue weighted by molar-refractivity contribution is -0.122. The molecule has 0 saturated heterocycles. The second kappa shape index (κ2) is 6.04. The van der Waals surface area contributed by atoms with Crippen molar-refractivity contribution in [2.45, 2.75) is 38.5 Å². The summed E-state index contributed by atoms with van der Waals surface area (Å²) in [6.45, 7) is 0. The van der Waals surface area contributed by atoms with Gasteiger partial charge in [-0.15, -0.1) is 0 Å². The monoisotopic (exact) mass is 268 g/mol. The quantitative estimate of drug-likeness (QED) is 0.798. The summed E-state index contributed by atoms with van der Waals surface area (Å²) in [6.07, 6.45) is 10.0. The number of rotatable bonds is 3. The topological polar surface area (TPSA) is 34.9 Å². The van der Waals surface area contributed by atoms with Crippen LogP contribution in [0.25, 0.3) is 5.69 Å². The molecule has 0 aliphatic heterocycles. The first-order valence-electron chi connectivity index (χ1n) is 7.44. The molecule has 0 N–H and O–H groups in total. The predicted octanol–water partition coefficient (Wildman–Crippen LogP) is 3.56. The zero-order valence-electron chi connectivity index (χ0n) is 11.7. The Balaban J connectivity index is 1.72. The van der Waals surface area contributed by atoms with E-state index in [1.165, 1.54) is 12.8 Å². The van der Waals surface area contributed by atoms with Crippen molar-refractivity contribution in [1.82, 2.24) is 9.78 Å². The number of nitrogens with zero attached hydrogens (tertiary/aromatic N) is 2. The molecule has 1 aliphatic carbocycles. The minimum absolute atomic E-state index is 0.200. The van der Waals surface area contributed by atoms with Crippen LogP contribution in [0.3, 0.4) is 0 Å². The van der Waals surface area contributed by atoms with Crippen molar-refractivity contribution in [2.24, 2.45) is 5.92 Å². The van der Waals surface area contributed by atoms with E-state index in [9.17, 15) is 4.79 Å². The minimum Gasteiger partial charge on any atom is -0.299 e. The normalized spacial score (nSPS) is 19.8. The summed E-state index contributed by atoms with van der Waals surface area (Å²) in [6, 6.07) is 10.1. The highest BCUT2D eigenvalue weighted by Gasteiger charge is 2.21. The molecule has 0 bridgehead atoms. The zero-order valence-corrected chi connectivity index (χ0v) is 11.7. The van der Waals surface area contributed by atoms with Gasteiger partial charge in [0.1, 0.15) is 5.78 Å². The van der Waals surface area contributed by atoms with Crippen LogP contribution in [0.5, 0.6) is 0 Å². The van der Waals surface area contributed by atoms with Crippen molar-refractivity contribution < 1.29 is 4.79 Å². The first-order chi connectivity index (χ1) is 9.83. The van der Waals surface area contributed by atoms with Gasteiger partial charge in [-0.1, -0.05) is 31.0 Å². The number of hydrogen-bond donors (Lipinski definition) is 0. The highest BCUT2D eigenvalue weighted by molar-refractivity contribution is 5.81. The molecule has 1 heterocycles. The molecule has 0 radical (unpaired) electrons. The largest absolute Gasteiger partial charge is 0.299 e. The maximum atomic E-state index is 12.1. The number of carbonyl (C=O) groups is 1. The zero-order chi connectivity index (χ0) is 13.8. The fourth-order valence-electron chi connectivity index (χ4n) is 2.92. The molecule has 104 valence electrons. The highest BCUT2D eigenvalue weighted by atomic mass is 16.1. The molecule has 1 aromatic carbocycles. The maximum Gasteiger partial charge on any atom is 0.136 e. The van der Waals surface area contributed by atoms with Gasteiger partial charge in [-0.3, -0.25) is 4.79 Å². The van der Waals surface area contributed by atoms with Crippen molar-refractivity contribution in [3.05, 3.63) is 48.3 Å². The van der Waals surface area contributed by atoms with Gasteiger partial charge < -0.3 is 0 Å². The molecule has 3 nitrogen and oxygen atoms in total. The van der Waals surface area contributed by atoms with Gasteiger partial charge in [0.05, 0.1) is 11.9 Å². The van der Waals surface area contributed by atoms with E-state index in [2.05, 4.69) is 5.10 Å². The van der Waals surface area contributed by atoms with Crippen molar-refractivity contribution in [3.8, 4) is 5.69 Å². The average molecular weight is 268 g/mol. The second-order valence-corrected chi connectivity index (χ2v) is 5.60. The lowest BCUT2D eigenvalue weighted by atomic mass is 9.93. The third kappa shape index (κ3) is 2.98. The van der Waals surface area contributed by atoms with Crippen molar-refractivity contribution in [3.63, 3.8) is 0 Å². The van der Waals surface area contributed by atoms with Gasteiger partial charge in [-0.25, -0.2) is 4.68 Å². The first-order valence-corrected chi connectivity index (χ1v) is 7.44. The van der Waals surface area contributed by atoms with Crippen molar-refractivity contribution >= 4 is 5.78 Å². The molecule has 3 heteroatoms. The Labute approximate surface area is 119 Å². The van der Waals surface area contributed by atoms with Crippen LogP contribution >= 0.6 is 0 Å². The molecule has 20 heavy (non-hydrogen) atoms. The molecule has 3 rings (SSSR count). The molecular weight excluding hydrogens is 248 g/mol. The number of carbonyl (C=O) groups excluding carboxylic acids is 1. The maximum absolute atomic E-state index is 12.1. The average Bonchev–Trinajstić information content (AvgIpc) is 2.86. The summed E-state index contributed by atoms with van der Waals surface area (Å²) < 4.78 is 1.89. The van der Waals surface area contributed by atoms with E-state index in [1.54, 1.807) is 0 Å². The molecule has 1 fully saturated rings. The van der Waals surface area contributed by atoms with Crippen LogP contribution in [-0.2, 0) is 11.2 Å². The van der Waals surface area contributed by atoms with Gasteiger partial charge in [-0.05, 0) is 37.0 Å². The van der Waals surface area contributed by atoms with Gasteiger partial charge in [-0.2, -0.15) is 5.10 Å². The van der Waals surface area contributed by atoms with Crippen LogP contribution < -0.4 is 0 Å². The van der Waals surface area contributed by atoms with Crippen LogP contribution in [0.2, 0.25) is 0 Å². The lowest BCUT2D eigenvalue weighted by Gasteiger charge is -2.10. The number of para-hydroxylation sites is 1. The molecule has 2 aromatic rings. The highest BCUT2D eigenvalue weighted by Crippen LogP contribution is 2.23. The summed E-state index contributed by atoms with van der Waals surface area (Å²) in [5.74, 6) is 0.640. The third-order valence-electron chi connectivity index (χ3n) is 4.07. The number of aromatic nitrogens is 2. The Hall–Kier alpha value is -1.90. The molecular formula is C17H20N2O. The molecule has 1 aromatic heterocycles. The summed E-state index contributed by atoms with van der Waals surface area (Å²) in [5, 5.41) is 4.41. The SMILES string of the molecule is O=C1CCCCCC1Cc1cnn(-c2ccccc2)c1. The number of hydrogen-bond acceptors (Lipinski definition) is 2. The van der Waals surface area contributed by atoms with E-state index in [4.69, 9.17) is 0 Å². The fraction of sp³-hybridized carbons (Fsp3) is 0.412. The molecule has 1 aliphatic rings. The summed E-state index contributed by atoms with van der Waals surface area (Å²) >= 11 is 0. The van der Waals surface area contributed by atoms with E-state index in [0.29, 0.717) is 5.78 Å². The van der Waals surface area contributed by atoms with Crippen LogP contribution in [-0.4, -0.2) is 15.6 Å². The van der Waals surface area contributed by atoms with Gasteiger partial charge >= 0.3 is 0 Å². The standard InChI is InChI=1S/C17H20N2O/c20-17-10-6-1-3-7-15(17)11-14-12-18-19(13-14)16-8-4-2-5-9-16/h2,4-5,8-9,12-13,15H,1,3,6-7,10-11H2. The summed E-state index contributed by atoms with van der Waals surface area (Å²) in [7, 11) is 0. The molecule has 1 unspecified atom stereocenters. The Morgan fingerprint density at radius 1 is 1.15 bits per heavy atom. The Kier molecular flexibility index (Phi) is 3.95. The molecule has 0 amide bonds. The molecule has 0 spiro atoms. The van der Waals surface area contributed by atoms with Crippen molar-refractivity contribution in [2.75, 3.05) is 0 Å². The Morgan fingerprint density at radius 2 is 2.00 bits per heavy atom. The Morgan fingerprint density at radius 3 is 2.85 bits per heavy atom. The first kappa shape index (κ1) is 13.1. The summed E-state index contributed by atoms with van der Waals surface area (Å²) in [5.41, 5.74) is 2.22. The Bertz CT molecular complexity index is 574. The summed E-state index contributed by atoms with van der Waals surface area (Å²) in [4.78, 5) is 12.1. The number of ketones is 1. The van der Waals surface area contributed by atoms with Crippen molar-refractivity contribution in [1.29, 1.82) is 0 Å². The minimum atomic E-state index is 0.200. The van der Waals surface area contributed by atoms with Gasteiger partial charge in [0, 0.05) is 18.5 Å². The number of Topliss-reactive ketones (excluding diaryl/α,β-unsaturated/α-hetero) is 1. The van der Waals surface area contributed by atoms with E-state index in [-0.39, 0.29) is 5.92 Å². The number of benzene rings is 1. The van der Waals surface area contributed by atoms with Gasteiger partial charge in [0.25, 0.3) is 0 Å². The molecule has 1 saturated carbocycles. The predicted molar refractivity (Wildman–Crippen MR) is 78.9 cm³/mol. The van der Waals surface area contributed by atoms with Gasteiger partial charge in [0.15, 0.2) is 0 Å². The van der Waals surface area contributed by atoms with Crippen LogP contribution in [0, 0.1) is 5.92 Å². The third-order valence-corrected chi connectivity index (χ3v) is 4.07. The smallest absolute Gasteiger partial charge is 0.136 e. The fourth-order valence-corrected chi connectivity index (χ4v) is 2.92. The van der Waals surface area contributed by atoms with Crippen LogP contribution in [0.4, 0.5) is 0 Å². The van der Waals surface area contributed by atoms with E-state index >= 15 is 0 Å². The van der Waals surface area contributed by atoms with E-state index in [0.717, 1.165) is 36.9 Å². The lowest BCUT2D eigenvalue weighted by Crippen LogP contribution is -2.14. The van der Waals surface area contributed by atoms with E-state index in [1.807, 2.05) is 47.4 Å². The van der Waals surface area contributed by atoms with Crippen LogP contribution in [0.1, 0.15) is 37.7 Å². The van der Waals surface area contributed by atoms with Crippen LogP contribution in [0.15, 0.2) is 42.7 Å². The second-order valence-electron chi connectivity index (χ2n) is 5.60.